The molecule has 10 nitrogen and oxygen atoms in total. The lowest BCUT2D eigenvalue weighted by molar-refractivity contribution is 0.250. The van der Waals surface area contributed by atoms with E-state index >= 15 is 0 Å². The predicted octanol–water partition coefficient (Wildman–Crippen LogP) is -1.01. The van der Waals surface area contributed by atoms with Crippen LogP contribution in [0.2, 0.25) is 0 Å². The fourth-order valence-electron chi connectivity index (χ4n) is 1.60. The molecule has 10 heteroatoms. The third-order valence-electron chi connectivity index (χ3n) is 2.44. The fourth-order valence-corrected chi connectivity index (χ4v) is 1.60. The number of amides is 2. The van der Waals surface area contributed by atoms with Gasteiger partial charge in [-0.3, -0.25) is 10.9 Å². The minimum Gasteiger partial charge on any atom is -0.493 e. The molecule has 0 aliphatic rings. The van der Waals surface area contributed by atoms with Gasteiger partial charge in [0.15, 0.2) is 17.3 Å². The largest absolute Gasteiger partial charge is 0.493 e. The quantitative estimate of drug-likeness (QED) is 0.609. The first-order valence-corrected chi connectivity index (χ1v) is 5.34. The Balaban J connectivity index is 0.00000200. The summed E-state index contributed by atoms with van der Waals surface area (Å²) in [5.74, 6) is 1.50. The Bertz CT molecular complexity index is 621. The van der Waals surface area contributed by atoms with E-state index < -0.39 is 6.03 Å². The molecule has 1 aromatic carbocycles. The van der Waals surface area contributed by atoms with Crippen molar-refractivity contribution in [3.63, 3.8) is 0 Å². The normalized spacial score (nSPS) is 9.05. The minimum atomic E-state index is -0.716. The zero-order valence-corrected chi connectivity index (χ0v) is 11.4. The molecule has 0 radical (unpaired) electrons. The lowest BCUT2D eigenvalue weighted by Crippen LogP contribution is -2.34. The number of anilines is 1. The van der Waals surface area contributed by atoms with Crippen molar-refractivity contribution in [3.8, 4) is 11.5 Å². The number of nitrogens with one attached hydrogen (secondary N) is 2. The molecular weight excluding hydrogens is 282 g/mol. The lowest BCUT2D eigenvalue weighted by atomic mass is 10.2. The summed E-state index contributed by atoms with van der Waals surface area (Å²) in [6.45, 7) is 0. The highest BCUT2D eigenvalue weighted by molar-refractivity contribution is 5.92. The summed E-state index contributed by atoms with van der Waals surface area (Å²) in [6.07, 6.45) is 1.36. The molecule has 1 aromatic heterocycles. The second-order valence-electron chi connectivity index (χ2n) is 3.56. The summed E-state index contributed by atoms with van der Waals surface area (Å²) in [5, 5.41) is 0.661. The van der Waals surface area contributed by atoms with Crippen LogP contribution in [0.25, 0.3) is 10.9 Å². The van der Waals surface area contributed by atoms with Gasteiger partial charge in [-0.1, -0.05) is 0 Å². The molecule has 2 rings (SSSR count). The number of hydrazine groups is 1. The van der Waals surface area contributed by atoms with Gasteiger partial charge in [-0.2, -0.15) is 0 Å². The third kappa shape index (κ3) is 3.81. The second kappa shape index (κ2) is 7.67. The van der Waals surface area contributed by atoms with E-state index in [1.807, 2.05) is 0 Å². The van der Waals surface area contributed by atoms with Crippen molar-refractivity contribution in [3.05, 3.63) is 18.5 Å². The summed E-state index contributed by atoms with van der Waals surface area (Å²) in [4.78, 5) is 18.8. The molecule has 0 atom stereocenters. The van der Waals surface area contributed by atoms with E-state index in [1.54, 1.807) is 19.2 Å². The van der Waals surface area contributed by atoms with E-state index in [2.05, 4.69) is 20.8 Å². The third-order valence-corrected chi connectivity index (χ3v) is 2.44. The number of rotatable bonds is 4. The van der Waals surface area contributed by atoms with Crippen LogP contribution in [0.4, 0.5) is 10.6 Å². The van der Waals surface area contributed by atoms with E-state index in [1.165, 1.54) is 13.4 Å². The molecule has 1 heterocycles. The number of carbonyl (C=O) groups is 1. The van der Waals surface area contributed by atoms with Crippen molar-refractivity contribution in [1.29, 1.82) is 0 Å². The van der Waals surface area contributed by atoms with Crippen LogP contribution in [-0.2, 0) is 0 Å². The molecule has 8 N–H and O–H groups in total. The van der Waals surface area contributed by atoms with E-state index in [4.69, 9.17) is 15.2 Å². The maximum atomic E-state index is 10.7. The van der Waals surface area contributed by atoms with Gasteiger partial charge in [0.05, 0.1) is 19.7 Å². The van der Waals surface area contributed by atoms with E-state index in [-0.39, 0.29) is 11.0 Å². The molecule has 116 valence electrons. The summed E-state index contributed by atoms with van der Waals surface area (Å²) < 4.78 is 10.4. The van der Waals surface area contributed by atoms with Crippen LogP contribution >= 0.6 is 0 Å². The van der Waals surface area contributed by atoms with E-state index in [0.717, 1.165) is 0 Å². The first-order valence-electron chi connectivity index (χ1n) is 5.34. The number of nitrogens with two attached hydrogens (primary N) is 1. The van der Waals surface area contributed by atoms with Gasteiger partial charge in [0.2, 0.25) is 0 Å². The van der Waals surface area contributed by atoms with Gasteiger partial charge >= 0.3 is 6.03 Å². The molecule has 0 saturated carbocycles. The fraction of sp³-hybridized carbons (Fsp3) is 0.182. The number of urea groups is 1. The molecule has 0 spiro atoms. The van der Waals surface area contributed by atoms with Crippen molar-refractivity contribution in [2.75, 3.05) is 19.6 Å². The standard InChI is InChI=1S/C11H13N5O3.2H2O/c1-18-8-3-6-7(4-9(8)19-2)13-5-14-10(6)15-16-11(12)17;;/h3-5H,1-2H3,(H3,12,16,17)(H,13,14,15);2*1H2. The van der Waals surface area contributed by atoms with Crippen molar-refractivity contribution < 1.29 is 25.2 Å². The van der Waals surface area contributed by atoms with Crippen molar-refractivity contribution >= 4 is 22.8 Å². The first-order chi connectivity index (χ1) is 9.15. The molecule has 0 aliphatic heterocycles. The van der Waals surface area contributed by atoms with E-state index in [9.17, 15) is 4.79 Å². The molecule has 0 aliphatic carbocycles. The van der Waals surface area contributed by atoms with Gasteiger partial charge in [-0.05, 0) is 6.07 Å². The molecule has 2 amide bonds. The second-order valence-corrected chi connectivity index (χ2v) is 3.56. The maximum absolute atomic E-state index is 10.7. The Kier molecular flexibility index (Phi) is 6.63. The number of ether oxygens (including phenoxy) is 2. The molecular formula is C11H17N5O5. The summed E-state index contributed by atoms with van der Waals surface area (Å²) >= 11 is 0. The van der Waals surface area contributed by atoms with Crippen LogP contribution in [-0.4, -0.2) is 41.2 Å². The van der Waals surface area contributed by atoms with Gasteiger partial charge in [-0.25, -0.2) is 14.8 Å². The number of carbonyl (C=O) groups excluding carboxylic acids is 1. The number of hydrogen-bond acceptors (Lipinski definition) is 6. The Labute approximate surface area is 119 Å². The van der Waals surface area contributed by atoms with Crippen LogP contribution < -0.4 is 26.1 Å². The van der Waals surface area contributed by atoms with Crippen LogP contribution in [0.5, 0.6) is 11.5 Å². The van der Waals surface area contributed by atoms with Gasteiger partial charge < -0.3 is 26.2 Å². The summed E-state index contributed by atoms with van der Waals surface area (Å²) in [5.41, 5.74) is 10.5. The number of primary amides is 1. The Morgan fingerprint density at radius 2 is 1.76 bits per heavy atom. The predicted molar refractivity (Wildman–Crippen MR) is 76.2 cm³/mol. The molecule has 0 fully saturated rings. The van der Waals surface area contributed by atoms with E-state index in [0.29, 0.717) is 28.2 Å². The molecule has 2 aromatic rings. The van der Waals surface area contributed by atoms with Crippen molar-refractivity contribution in [1.82, 2.24) is 15.4 Å². The smallest absolute Gasteiger partial charge is 0.330 e. The highest BCUT2D eigenvalue weighted by atomic mass is 16.5. The van der Waals surface area contributed by atoms with Gasteiger partial charge in [0.1, 0.15) is 6.33 Å². The molecule has 0 unspecified atom stereocenters. The number of hydrogen-bond donors (Lipinski definition) is 3. The summed E-state index contributed by atoms with van der Waals surface area (Å²) in [6, 6.07) is 2.71. The SMILES string of the molecule is COc1cc2ncnc(NNC(N)=O)c2cc1OC.O.O. The monoisotopic (exact) mass is 299 g/mol. The average Bonchev–Trinajstić information content (AvgIpc) is 2.43. The van der Waals surface area contributed by atoms with Gasteiger partial charge in [-0.15, -0.1) is 0 Å². The highest BCUT2D eigenvalue weighted by Crippen LogP contribution is 2.33. The Morgan fingerprint density at radius 1 is 1.14 bits per heavy atom. The van der Waals surface area contributed by atoms with Gasteiger partial charge in [0, 0.05) is 11.5 Å². The van der Waals surface area contributed by atoms with Crippen LogP contribution in [0.15, 0.2) is 18.5 Å². The maximum Gasteiger partial charge on any atom is 0.330 e. The number of methoxy groups -OCH3 is 2. The number of fused-ring (bicyclic) bond motifs is 1. The first kappa shape index (κ1) is 18.1. The highest BCUT2D eigenvalue weighted by Gasteiger charge is 2.10. The average molecular weight is 299 g/mol. The van der Waals surface area contributed by atoms with Gasteiger partial charge in [0.25, 0.3) is 0 Å². The van der Waals surface area contributed by atoms with Crippen molar-refractivity contribution in [2.45, 2.75) is 0 Å². The van der Waals surface area contributed by atoms with Crippen molar-refractivity contribution in [2.24, 2.45) is 5.73 Å². The minimum absolute atomic E-state index is 0. The number of aromatic nitrogens is 2. The zero-order chi connectivity index (χ0) is 13.8. The van der Waals surface area contributed by atoms with Crippen LogP contribution in [0, 0.1) is 0 Å². The lowest BCUT2D eigenvalue weighted by Gasteiger charge is -2.11. The Morgan fingerprint density at radius 3 is 2.33 bits per heavy atom. The molecule has 0 saturated heterocycles. The number of nitrogens with zero attached hydrogens (tertiary/aromatic N) is 2. The zero-order valence-electron chi connectivity index (χ0n) is 11.4. The summed E-state index contributed by atoms with van der Waals surface area (Å²) in [7, 11) is 3.07. The van der Waals surface area contributed by atoms with Crippen LogP contribution in [0.1, 0.15) is 0 Å². The van der Waals surface area contributed by atoms with Crippen LogP contribution in [0.3, 0.4) is 0 Å². The molecule has 21 heavy (non-hydrogen) atoms. The molecule has 0 bridgehead atoms. The topological polar surface area (TPSA) is 174 Å². The number of benzene rings is 1. The Hall–Kier alpha value is -2.85.